The molecule has 0 spiro atoms. The Balaban J connectivity index is 1.43. The minimum atomic E-state index is -0.510. The van der Waals surface area contributed by atoms with Crippen molar-refractivity contribution in [1.82, 2.24) is 14.7 Å². The van der Waals surface area contributed by atoms with Gasteiger partial charge in [0.15, 0.2) is 5.69 Å². The van der Waals surface area contributed by atoms with Crippen molar-refractivity contribution >= 4 is 29.3 Å². The molecule has 1 unspecified atom stereocenters. The summed E-state index contributed by atoms with van der Waals surface area (Å²) < 4.78 is 1.94. The van der Waals surface area contributed by atoms with E-state index in [9.17, 15) is 9.59 Å². The molecule has 0 bridgehead atoms. The van der Waals surface area contributed by atoms with Gasteiger partial charge < -0.3 is 10.2 Å². The van der Waals surface area contributed by atoms with Crippen LogP contribution in [0.25, 0.3) is 5.69 Å². The molecule has 2 heterocycles. The number of carbonyl (C=O) groups excluding carboxylic acids is 2. The summed E-state index contributed by atoms with van der Waals surface area (Å²) in [5.74, 6) is 0.792. The van der Waals surface area contributed by atoms with Gasteiger partial charge in [-0.3, -0.25) is 9.59 Å². The van der Waals surface area contributed by atoms with Crippen LogP contribution >= 0.6 is 11.8 Å². The molecule has 33 heavy (non-hydrogen) atoms. The van der Waals surface area contributed by atoms with Crippen molar-refractivity contribution in [3.63, 3.8) is 0 Å². The molecule has 1 atom stereocenters. The number of nitrogens with zero attached hydrogens (tertiary/aromatic N) is 3. The second-order valence-corrected chi connectivity index (χ2v) is 9.92. The highest BCUT2D eigenvalue weighted by atomic mass is 32.2. The summed E-state index contributed by atoms with van der Waals surface area (Å²) >= 11 is 1.61. The van der Waals surface area contributed by atoms with E-state index in [0.29, 0.717) is 17.3 Å². The first kappa shape index (κ1) is 21.8. The number of thioether (sulfide) groups is 1. The molecule has 5 rings (SSSR count). The van der Waals surface area contributed by atoms with Gasteiger partial charge in [-0.2, -0.15) is 5.10 Å². The fourth-order valence-electron chi connectivity index (χ4n) is 4.78. The second-order valence-electron chi connectivity index (χ2n) is 8.92. The molecule has 2 aliphatic rings. The number of carbonyl (C=O) groups is 2. The third kappa shape index (κ3) is 3.95. The summed E-state index contributed by atoms with van der Waals surface area (Å²) in [6.45, 7) is 6.07. The summed E-state index contributed by atoms with van der Waals surface area (Å²) in [6, 6.07) is 13.6. The van der Waals surface area contributed by atoms with Crippen LogP contribution in [0.1, 0.15) is 44.9 Å². The van der Waals surface area contributed by atoms with Crippen LogP contribution in [0.4, 0.5) is 5.69 Å². The molecular formula is C26H28N4O2S. The van der Waals surface area contributed by atoms with E-state index >= 15 is 0 Å². The zero-order valence-electron chi connectivity index (χ0n) is 19.2. The summed E-state index contributed by atoms with van der Waals surface area (Å²) in [7, 11) is 0. The van der Waals surface area contributed by atoms with Crippen LogP contribution in [0.3, 0.4) is 0 Å². The Morgan fingerprint density at radius 2 is 1.88 bits per heavy atom. The molecule has 7 heteroatoms. The minimum Gasteiger partial charge on any atom is -0.324 e. The molecular weight excluding hydrogens is 432 g/mol. The van der Waals surface area contributed by atoms with Gasteiger partial charge in [-0.15, -0.1) is 11.8 Å². The number of hydrogen-bond donors (Lipinski definition) is 1. The molecule has 6 nitrogen and oxygen atoms in total. The number of aryl methyl sites for hydroxylation is 3. The van der Waals surface area contributed by atoms with Crippen LogP contribution in [-0.2, 0) is 17.6 Å². The van der Waals surface area contributed by atoms with Gasteiger partial charge in [0.2, 0.25) is 5.91 Å². The maximum Gasteiger partial charge on any atom is 0.276 e. The lowest BCUT2D eigenvalue weighted by Crippen LogP contribution is -2.45. The van der Waals surface area contributed by atoms with E-state index in [2.05, 4.69) is 18.3 Å². The molecule has 170 valence electrons. The van der Waals surface area contributed by atoms with Crippen molar-refractivity contribution in [3.8, 4) is 5.69 Å². The van der Waals surface area contributed by atoms with E-state index in [1.807, 2.05) is 54.9 Å². The third-order valence-electron chi connectivity index (χ3n) is 6.56. The first-order valence-electron chi connectivity index (χ1n) is 11.4. The van der Waals surface area contributed by atoms with Gasteiger partial charge in [0.1, 0.15) is 6.04 Å². The number of aromatic nitrogens is 2. The van der Waals surface area contributed by atoms with Gasteiger partial charge >= 0.3 is 0 Å². The number of hydrogen-bond acceptors (Lipinski definition) is 4. The summed E-state index contributed by atoms with van der Waals surface area (Å²) in [5, 5.41) is 7.83. The van der Waals surface area contributed by atoms with E-state index in [0.717, 1.165) is 58.6 Å². The highest BCUT2D eigenvalue weighted by Gasteiger charge is 2.38. The number of nitrogens with one attached hydrogen (secondary N) is 1. The van der Waals surface area contributed by atoms with Gasteiger partial charge in [0, 0.05) is 22.7 Å². The molecule has 1 aliphatic heterocycles. The highest BCUT2D eigenvalue weighted by molar-refractivity contribution is 7.99. The van der Waals surface area contributed by atoms with Gasteiger partial charge in [0.05, 0.1) is 11.6 Å². The van der Waals surface area contributed by atoms with Crippen molar-refractivity contribution in [2.75, 3.05) is 16.9 Å². The van der Waals surface area contributed by atoms with Crippen molar-refractivity contribution in [3.05, 3.63) is 76.1 Å². The predicted octanol–water partition coefficient (Wildman–Crippen LogP) is 4.44. The Morgan fingerprint density at radius 1 is 1.06 bits per heavy atom. The SMILES string of the molecule is Cc1ccc(NC(=O)C2CSCN2C(=O)c2nn(-c3ccccc3C)c3c2CCC3)c(C)c1. The molecule has 1 aromatic heterocycles. The van der Waals surface area contributed by atoms with Crippen LogP contribution in [0.15, 0.2) is 42.5 Å². The van der Waals surface area contributed by atoms with Gasteiger partial charge in [0.25, 0.3) is 5.91 Å². The lowest BCUT2D eigenvalue weighted by molar-refractivity contribution is -0.119. The monoisotopic (exact) mass is 460 g/mol. The first-order chi connectivity index (χ1) is 15.9. The summed E-state index contributed by atoms with van der Waals surface area (Å²) in [6.07, 6.45) is 2.78. The largest absolute Gasteiger partial charge is 0.324 e. The van der Waals surface area contributed by atoms with Crippen LogP contribution in [0, 0.1) is 20.8 Å². The Bertz CT molecular complexity index is 1250. The fourth-order valence-corrected chi connectivity index (χ4v) is 5.93. The standard InChI is InChI=1S/C26H28N4O2S/c1-16-11-12-20(18(3)13-16)27-25(31)23-14-33-15-29(23)26(32)24-19-8-6-10-22(19)30(28-24)21-9-5-4-7-17(21)2/h4-5,7,9,11-13,23H,6,8,10,14-15H2,1-3H3,(H,27,31). The molecule has 0 saturated carbocycles. The van der Waals surface area contributed by atoms with E-state index in [1.165, 1.54) is 0 Å². The molecule has 1 fully saturated rings. The minimum absolute atomic E-state index is 0.143. The molecule has 1 aliphatic carbocycles. The molecule has 3 aromatic rings. The molecule has 0 radical (unpaired) electrons. The van der Waals surface area contributed by atoms with Gasteiger partial charge in [-0.05, 0) is 63.3 Å². The predicted molar refractivity (Wildman–Crippen MR) is 132 cm³/mol. The quantitative estimate of drug-likeness (QED) is 0.625. The Morgan fingerprint density at radius 3 is 2.67 bits per heavy atom. The average Bonchev–Trinajstić information content (AvgIpc) is 3.52. The lowest BCUT2D eigenvalue weighted by Gasteiger charge is -2.23. The molecule has 2 aromatic carbocycles. The number of anilines is 1. The normalized spacial score (nSPS) is 17.3. The Labute approximate surface area is 198 Å². The first-order valence-corrected chi connectivity index (χ1v) is 12.5. The number of amides is 2. The maximum absolute atomic E-state index is 13.7. The summed E-state index contributed by atoms with van der Waals surface area (Å²) in [4.78, 5) is 28.5. The van der Waals surface area contributed by atoms with Crippen molar-refractivity contribution in [2.24, 2.45) is 0 Å². The van der Waals surface area contributed by atoms with Crippen molar-refractivity contribution in [1.29, 1.82) is 0 Å². The number of benzene rings is 2. The summed E-state index contributed by atoms with van der Waals surface area (Å²) in [5.41, 5.74) is 7.74. The van der Waals surface area contributed by atoms with Crippen molar-refractivity contribution in [2.45, 2.75) is 46.1 Å². The number of fused-ring (bicyclic) bond motifs is 1. The fraction of sp³-hybridized carbons (Fsp3) is 0.346. The van der Waals surface area contributed by atoms with Crippen LogP contribution < -0.4 is 5.32 Å². The Kier molecular flexibility index (Phi) is 5.74. The van der Waals surface area contributed by atoms with E-state index < -0.39 is 6.04 Å². The zero-order valence-corrected chi connectivity index (χ0v) is 20.0. The van der Waals surface area contributed by atoms with Gasteiger partial charge in [-0.25, -0.2) is 4.68 Å². The van der Waals surface area contributed by atoms with Crippen LogP contribution in [-0.4, -0.2) is 44.2 Å². The molecule has 1 N–H and O–H groups in total. The average molecular weight is 461 g/mol. The smallest absolute Gasteiger partial charge is 0.276 e. The highest BCUT2D eigenvalue weighted by Crippen LogP contribution is 2.32. The van der Waals surface area contributed by atoms with Gasteiger partial charge in [-0.1, -0.05) is 35.9 Å². The van der Waals surface area contributed by atoms with Crippen molar-refractivity contribution < 1.29 is 9.59 Å². The second kappa shape index (κ2) is 8.71. The number of rotatable bonds is 4. The zero-order chi connectivity index (χ0) is 23.1. The van der Waals surface area contributed by atoms with E-state index in [-0.39, 0.29) is 11.8 Å². The lowest BCUT2D eigenvalue weighted by atomic mass is 10.1. The van der Waals surface area contributed by atoms with Crippen LogP contribution in [0.2, 0.25) is 0 Å². The third-order valence-corrected chi connectivity index (χ3v) is 7.57. The van der Waals surface area contributed by atoms with Crippen LogP contribution in [0.5, 0.6) is 0 Å². The molecule has 2 amide bonds. The van der Waals surface area contributed by atoms with E-state index in [1.54, 1.807) is 16.7 Å². The molecule has 1 saturated heterocycles. The maximum atomic E-state index is 13.7. The topological polar surface area (TPSA) is 67.2 Å². The van der Waals surface area contributed by atoms with E-state index in [4.69, 9.17) is 5.10 Å². The Hall–Kier alpha value is -3.06. The number of para-hydroxylation sites is 1.